The van der Waals surface area contributed by atoms with Gasteiger partial charge in [0.2, 0.25) is 0 Å². The molecule has 0 saturated carbocycles. The Hall–Kier alpha value is -1.36. The van der Waals surface area contributed by atoms with Crippen molar-refractivity contribution >= 4 is 11.9 Å². The van der Waals surface area contributed by atoms with Crippen molar-refractivity contribution in [3.63, 3.8) is 0 Å². The average molecular weight is 270 g/mol. The number of rotatable bonds is 5. The van der Waals surface area contributed by atoms with Crippen molar-refractivity contribution in [2.24, 2.45) is 5.41 Å². The summed E-state index contributed by atoms with van der Waals surface area (Å²) >= 11 is 0. The molecule has 1 aliphatic rings. The zero-order valence-electron chi connectivity index (χ0n) is 12.2. The molecule has 0 unspecified atom stereocenters. The standard InChI is InChI=1S/C14H22O5/c1-6-17-12(15)9(2)7-10-11(19-10)8-18-13(16)14(3,4)5/h7,10-11H,6,8H2,1-5H3/b9-7+/t10-,11+/m0/s1. The van der Waals surface area contributed by atoms with Gasteiger partial charge < -0.3 is 14.2 Å². The molecule has 1 rings (SSSR count). The van der Waals surface area contributed by atoms with Gasteiger partial charge in [0, 0.05) is 5.57 Å². The van der Waals surface area contributed by atoms with Crippen molar-refractivity contribution in [3.8, 4) is 0 Å². The maximum atomic E-state index is 11.6. The van der Waals surface area contributed by atoms with E-state index in [0.717, 1.165) is 0 Å². The highest BCUT2D eigenvalue weighted by Crippen LogP contribution is 2.26. The third kappa shape index (κ3) is 5.03. The van der Waals surface area contributed by atoms with Crippen LogP contribution in [0.2, 0.25) is 0 Å². The molecule has 1 saturated heterocycles. The van der Waals surface area contributed by atoms with Gasteiger partial charge in [-0.3, -0.25) is 4.79 Å². The fourth-order valence-corrected chi connectivity index (χ4v) is 1.37. The van der Waals surface area contributed by atoms with Crippen molar-refractivity contribution in [2.75, 3.05) is 13.2 Å². The molecule has 0 amide bonds. The van der Waals surface area contributed by atoms with E-state index in [-0.39, 0.29) is 30.8 Å². The molecule has 1 aliphatic heterocycles. The van der Waals surface area contributed by atoms with Crippen LogP contribution in [-0.4, -0.2) is 37.4 Å². The van der Waals surface area contributed by atoms with Crippen LogP contribution >= 0.6 is 0 Å². The molecule has 0 aromatic rings. The van der Waals surface area contributed by atoms with Crippen LogP contribution in [0.4, 0.5) is 0 Å². The lowest BCUT2D eigenvalue weighted by molar-refractivity contribution is -0.153. The van der Waals surface area contributed by atoms with Gasteiger partial charge in [-0.15, -0.1) is 0 Å². The zero-order chi connectivity index (χ0) is 14.6. The number of esters is 2. The van der Waals surface area contributed by atoms with E-state index in [2.05, 4.69) is 0 Å². The minimum Gasteiger partial charge on any atom is -0.463 e. The van der Waals surface area contributed by atoms with E-state index in [9.17, 15) is 9.59 Å². The molecular formula is C14H22O5. The molecule has 0 spiro atoms. The molecule has 2 atom stereocenters. The molecule has 0 radical (unpaired) electrons. The topological polar surface area (TPSA) is 65.1 Å². The van der Waals surface area contributed by atoms with Gasteiger partial charge in [-0.25, -0.2) is 4.79 Å². The maximum absolute atomic E-state index is 11.6. The van der Waals surface area contributed by atoms with E-state index >= 15 is 0 Å². The van der Waals surface area contributed by atoms with Crippen LogP contribution in [0.5, 0.6) is 0 Å². The van der Waals surface area contributed by atoms with E-state index < -0.39 is 5.41 Å². The van der Waals surface area contributed by atoms with Gasteiger partial charge in [0.25, 0.3) is 0 Å². The van der Waals surface area contributed by atoms with Crippen molar-refractivity contribution in [3.05, 3.63) is 11.6 Å². The molecule has 0 aliphatic carbocycles. The molecule has 5 nitrogen and oxygen atoms in total. The van der Waals surface area contributed by atoms with E-state index in [0.29, 0.717) is 12.2 Å². The summed E-state index contributed by atoms with van der Waals surface area (Å²) in [5.74, 6) is -0.601. The molecule has 0 N–H and O–H groups in total. The molecule has 5 heteroatoms. The zero-order valence-corrected chi connectivity index (χ0v) is 12.2. The summed E-state index contributed by atoms with van der Waals surface area (Å²) in [5, 5.41) is 0. The molecule has 1 fully saturated rings. The summed E-state index contributed by atoms with van der Waals surface area (Å²) in [7, 11) is 0. The number of carbonyl (C=O) groups is 2. The highest BCUT2D eigenvalue weighted by Gasteiger charge is 2.39. The van der Waals surface area contributed by atoms with Crippen molar-refractivity contribution in [1.82, 2.24) is 0 Å². The van der Waals surface area contributed by atoms with Crippen molar-refractivity contribution in [2.45, 2.75) is 46.8 Å². The fourth-order valence-electron chi connectivity index (χ4n) is 1.37. The minimum absolute atomic E-state index is 0.157. The SMILES string of the molecule is CCOC(=O)/C(C)=C/[C@@H]1O[C@@H]1COC(=O)C(C)(C)C. The predicted octanol–water partition coefficient (Wildman–Crippen LogP) is 1.85. The van der Waals surface area contributed by atoms with E-state index in [1.165, 1.54) is 0 Å². The smallest absolute Gasteiger partial charge is 0.333 e. The van der Waals surface area contributed by atoms with Gasteiger partial charge in [0.05, 0.1) is 12.0 Å². The molecule has 0 bridgehead atoms. The van der Waals surface area contributed by atoms with Gasteiger partial charge in [-0.1, -0.05) is 0 Å². The first-order chi connectivity index (χ1) is 8.75. The van der Waals surface area contributed by atoms with E-state index in [1.54, 1.807) is 40.7 Å². The Bertz CT molecular complexity index is 378. The summed E-state index contributed by atoms with van der Waals surface area (Å²) in [4.78, 5) is 22.9. The van der Waals surface area contributed by atoms with Crippen molar-refractivity contribution < 1.29 is 23.8 Å². The van der Waals surface area contributed by atoms with Gasteiger partial charge in [0.1, 0.15) is 18.8 Å². The average Bonchev–Trinajstić information content (AvgIpc) is 3.03. The lowest BCUT2D eigenvalue weighted by atomic mass is 9.97. The van der Waals surface area contributed by atoms with E-state index in [1.807, 2.05) is 0 Å². The summed E-state index contributed by atoms with van der Waals surface area (Å²) in [6.07, 6.45) is 1.38. The first-order valence-corrected chi connectivity index (χ1v) is 6.44. The third-order valence-electron chi connectivity index (χ3n) is 2.62. The fraction of sp³-hybridized carbons (Fsp3) is 0.714. The third-order valence-corrected chi connectivity index (χ3v) is 2.62. The van der Waals surface area contributed by atoms with Gasteiger partial charge in [-0.2, -0.15) is 0 Å². The van der Waals surface area contributed by atoms with Gasteiger partial charge in [0.15, 0.2) is 0 Å². The van der Waals surface area contributed by atoms with E-state index in [4.69, 9.17) is 14.2 Å². The Kier molecular flexibility index (Phi) is 5.11. The van der Waals surface area contributed by atoms with Gasteiger partial charge >= 0.3 is 11.9 Å². The molecule has 19 heavy (non-hydrogen) atoms. The molecule has 108 valence electrons. The molecular weight excluding hydrogens is 248 g/mol. The quantitative estimate of drug-likeness (QED) is 0.433. The summed E-state index contributed by atoms with van der Waals surface area (Å²) in [6, 6.07) is 0. The lowest BCUT2D eigenvalue weighted by Gasteiger charge is -2.15. The van der Waals surface area contributed by atoms with Crippen LogP contribution in [0.3, 0.4) is 0 Å². The largest absolute Gasteiger partial charge is 0.463 e. The number of ether oxygens (including phenoxy) is 3. The first kappa shape index (κ1) is 15.7. The Morgan fingerprint density at radius 3 is 2.42 bits per heavy atom. The van der Waals surface area contributed by atoms with Crippen LogP contribution in [0, 0.1) is 5.41 Å². The Labute approximate surface area is 113 Å². The molecule has 0 aromatic heterocycles. The highest BCUT2D eigenvalue weighted by molar-refractivity contribution is 5.87. The summed E-state index contributed by atoms with van der Waals surface area (Å²) in [6.45, 7) is 9.39. The number of carbonyl (C=O) groups excluding carboxylic acids is 2. The monoisotopic (exact) mass is 270 g/mol. The lowest BCUT2D eigenvalue weighted by Crippen LogP contribution is -2.24. The summed E-state index contributed by atoms with van der Waals surface area (Å²) < 4.78 is 15.3. The predicted molar refractivity (Wildman–Crippen MR) is 69.5 cm³/mol. The highest BCUT2D eigenvalue weighted by atomic mass is 16.6. The van der Waals surface area contributed by atoms with Crippen LogP contribution in [0.25, 0.3) is 0 Å². The van der Waals surface area contributed by atoms with Crippen LogP contribution < -0.4 is 0 Å². The normalized spacial score (nSPS) is 22.9. The Balaban J connectivity index is 2.34. The second-order valence-corrected chi connectivity index (χ2v) is 5.56. The second kappa shape index (κ2) is 6.19. The molecule has 0 aromatic carbocycles. The van der Waals surface area contributed by atoms with Gasteiger partial charge in [-0.05, 0) is 40.7 Å². The maximum Gasteiger partial charge on any atom is 0.333 e. The number of hydrogen-bond donors (Lipinski definition) is 0. The Morgan fingerprint density at radius 2 is 1.89 bits per heavy atom. The number of epoxide rings is 1. The van der Waals surface area contributed by atoms with Crippen LogP contribution in [0.1, 0.15) is 34.6 Å². The molecule has 1 heterocycles. The van der Waals surface area contributed by atoms with Crippen molar-refractivity contribution in [1.29, 1.82) is 0 Å². The Morgan fingerprint density at radius 1 is 1.26 bits per heavy atom. The van der Waals surface area contributed by atoms with Crippen LogP contribution in [-0.2, 0) is 23.8 Å². The number of hydrogen-bond acceptors (Lipinski definition) is 5. The summed E-state index contributed by atoms with van der Waals surface area (Å²) in [5.41, 5.74) is -0.00218. The first-order valence-electron chi connectivity index (χ1n) is 6.44. The second-order valence-electron chi connectivity index (χ2n) is 5.56. The van der Waals surface area contributed by atoms with Crippen LogP contribution in [0.15, 0.2) is 11.6 Å². The minimum atomic E-state index is -0.513.